The van der Waals surface area contributed by atoms with Crippen molar-refractivity contribution >= 4 is 35.0 Å². The number of carboxylic acid groups (broad SMARTS) is 1. The molecule has 0 saturated carbocycles. The molecule has 1 aliphatic heterocycles. The number of aliphatic carboxylic acids is 1. The van der Waals surface area contributed by atoms with Crippen LogP contribution in [0.1, 0.15) is 12.8 Å². The smallest absolute Gasteiger partial charge is 0.329 e. The molecule has 0 atom stereocenters. The van der Waals surface area contributed by atoms with Gasteiger partial charge in [0, 0.05) is 10.7 Å². The summed E-state index contributed by atoms with van der Waals surface area (Å²) in [6.45, 7) is 0. The molecule has 1 saturated heterocycles. The minimum Gasteiger partial charge on any atom is -0.480 e. The second-order valence-electron chi connectivity index (χ2n) is 4.13. The number of thioether (sulfide) groups is 1. The quantitative estimate of drug-likeness (QED) is 0.887. The third kappa shape index (κ3) is 2.87. The molecule has 5 heteroatoms. The largest absolute Gasteiger partial charge is 0.480 e. The number of carbonyl (C=O) groups is 1. The molecule has 1 aromatic carbocycles. The standard InChI is InChI=1S/C12H14ClNO2S/c13-9-1-3-10(4-2-9)14-12(11(15)16)5-7-17-8-6-12/h1-4,14H,5-8H2,(H,15,16). The Kier molecular flexibility index (Phi) is 3.84. The number of hydrogen-bond acceptors (Lipinski definition) is 3. The zero-order chi connectivity index (χ0) is 12.3. The third-order valence-electron chi connectivity index (χ3n) is 2.98. The van der Waals surface area contributed by atoms with Crippen LogP contribution in [0, 0.1) is 0 Å². The molecule has 2 N–H and O–H groups in total. The zero-order valence-corrected chi connectivity index (χ0v) is 10.9. The Labute approximate surface area is 110 Å². The summed E-state index contributed by atoms with van der Waals surface area (Å²) < 4.78 is 0. The van der Waals surface area contributed by atoms with Crippen molar-refractivity contribution in [3.63, 3.8) is 0 Å². The first-order valence-electron chi connectivity index (χ1n) is 5.47. The Morgan fingerprint density at radius 1 is 1.29 bits per heavy atom. The van der Waals surface area contributed by atoms with Gasteiger partial charge in [0.2, 0.25) is 0 Å². The Morgan fingerprint density at radius 3 is 2.41 bits per heavy atom. The van der Waals surface area contributed by atoms with Crippen LogP contribution >= 0.6 is 23.4 Å². The van der Waals surface area contributed by atoms with Crippen LogP contribution in [0.3, 0.4) is 0 Å². The first-order chi connectivity index (χ1) is 8.12. The third-order valence-corrected chi connectivity index (χ3v) is 4.22. The van der Waals surface area contributed by atoms with Crippen molar-refractivity contribution in [2.75, 3.05) is 16.8 Å². The van der Waals surface area contributed by atoms with Gasteiger partial charge in [0.1, 0.15) is 5.54 Å². The second-order valence-corrected chi connectivity index (χ2v) is 5.79. The lowest BCUT2D eigenvalue weighted by Crippen LogP contribution is -2.49. The molecule has 0 aromatic heterocycles. The van der Waals surface area contributed by atoms with Crippen LogP contribution in [-0.2, 0) is 4.79 Å². The highest BCUT2D eigenvalue weighted by atomic mass is 35.5. The van der Waals surface area contributed by atoms with Gasteiger partial charge in [-0.25, -0.2) is 4.79 Å². The Bertz CT molecular complexity index is 401. The molecule has 17 heavy (non-hydrogen) atoms. The summed E-state index contributed by atoms with van der Waals surface area (Å²) in [4.78, 5) is 11.4. The topological polar surface area (TPSA) is 49.3 Å². The molecule has 2 rings (SSSR count). The summed E-state index contributed by atoms with van der Waals surface area (Å²) in [7, 11) is 0. The molecule has 0 spiro atoms. The molecular formula is C12H14ClNO2S. The van der Waals surface area contributed by atoms with Gasteiger partial charge in [-0.15, -0.1) is 0 Å². The van der Waals surface area contributed by atoms with Crippen molar-refractivity contribution in [2.24, 2.45) is 0 Å². The normalized spacial score (nSPS) is 18.6. The zero-order valence-electron chi connectivity index (χ0n) is 9.28. The molecule has 1 fully saturated rings. The predicted octanol–water partition coefficient (Wildman–Crippen LogP) is 3.10. The first kappa shape index (κ1) is 12.6. The molecule has 1 aromatic rings. The lowest BCUT2D eigenvalue weighted by atomic mass is 9.92. The van der Waals surface area contributed by atoms with Crippen molar-refractivity contribution in [1.82, 2.24) is 0 Å². The SMILES string of the molecule is O=C(O)C1(Nc2ccc(Cl)cc2)CCSCC1. The van der Waals surface area contributed by atoms with Crippen LogP contribution < -0.4 is 5.32 Å². The average molecular weight is 272 g/mol. The van der Waals surface area contributed by atoms with Crippen LogP contribution in [0.15, 0.2) is 24.3 Å². The van der Waals surface area contributed by atoms with Gasteiger partial charge < -0.3 is 10.4 Å². The van der Waals surface area contributed by atoms with E-state index in [1.807, 2.05) is 12.1 Å². The van der Waals surface area contributed by atoms with Gasteiger partial charge in [0.05, 0.1) is 0 Å². The summed E-state index contributed by atoms with van der Waals surface area (Å²) in [5, 5.41) is 13.2. The molecule has 1 heterocycles. The molecule has 0 amide bonds. The number of nitrogens with one attached hydrogen (secondary N) is 1. The Hall–Kier alpha value is -0.870. The van der Waals surface area contributed by atoms with E-state index in [1.54, 1.807) is 23.9 Å². The number of benzene rings is 1. The van der Waals surface area contributed by atoms with Crippen molar-refractivity contribution in [3.8, 4) is 0 Å². The summed E-state index contributed by atoms with van der Waals surface area (Å²) in [6.07, 6.45) is 1.30. The number of carboxylic acids is 1. The van der Waals surface area contributed by atoms with Crippen LogP contribution in [0.4, 0.5) is 5.69 Å². The van der Waals surface area contributed by atoms with E-state index in [0.717, 1.165) is 17.2 Å². The first-order valence-corrected chi connectivity index (χ1v) is 7.01. The van der Waals surface area contributed by atoms with Gasteiger partial charge in [-0.2, -0.15) is 11.8 Å². The van der Waals surface area contributed by atoms with E-state index >= 15 is 0 Å². The van der Waals surface area contributed by atoms with Gasteiger partial charge in [-0.05, 0) is 48.6 Å². The molecule has 0 unspecified atom stereocenters. The van der Waals surface area contributed by atoms with E-state index in [0.29, 0.717) is 17.9 Å². The van der Waals surface area contributed by atoms with E-state index in [2.05, 4.69) is 5.32 Å². The van der Waals surface area contributed by atoms with Crippen molar-refractivity contribution < 1.29 is 9.90 Å². The number of rotatable bonds is 3. The maximum absolute atomic E-state index is 11.4. The molecule has 0 bridgehead atoms. The number of hydrogen-bond donors (Lipinski definition) is 2. The van der Waals surface area contributed by atoms with E-state index in [9.17, 15) is 9.90 Å². The minimum absolute atomic E-state index is 0.648. The molecule has 1 aliphatic rings. The van der Waals surface area contributed by atoms with Crippen LogP contribution in [-0.4, -0.2) is 28.1 Å². The highest BCUT2D eigenvalue weighted by molar-refractivity contribution is 7.99. The molecule has 3 nitrogen and oxygen atoms in total. The molecule has 92 valence electrons. The predicted molar refractivity (Wildman–Crippen MR) is 72.0 cm³/mol. The van der Waals surface area contributed by atoms with E-state index in [-0.39, 0.29) is 0 Å². The van der Waals surface area contributed by atoms with Crippen LogP contribution in [0.5, 0.6) is 0 Å². The maximum atomic E-state index is 11.4. The van der Waals surface area contributed by atoms with Gasteiger partial charge >= 0.3 is 5.97 Å². The van der Waals surface area contributed by atoms with Gasteiger partial charge in [0.25, 0.3) is 0 Å². The van der Waals surface area contributed by atoms with Crippen molar-refractivity contribution in [1.29, 1.82) is 0 Å². The monoisotopic (exact) mass is 271 g/mol. The van der Waals surface area contributed by atoms with Crippen LogP contribution in [0.25, 0.3) is 0 Å². The minimum atomic E-state index is -0.820. The van der Waals surface area contributed by atoms with E-state index < -0.39 is 11.5 Å². The maximum Gasteiger partial charge on any atom is 0.329 e. The van der Waals surface area contributed by atoms with E-state index in [4.69, 9.17) is 11.6 Å². The summed E-state index contributed by atoms with van der Waals surface area (Å²) in [5.41, 5.74) is -0.0114. The summed E-state index contributed by atoms with van der Waals surface area (Å²) in [5.74, 6) is 0.993. The average Bonchev–Trinajstić information content (AvgIpc) is 2.33. The van der Waals surface area contributed by atoms with Crippen molar-refractivity contribution in [3.05, 3.63) is 29.3 Å². The van der Waals surface area contributed by atoms with Gasteiger partial charge in [0.15, 0.2) is 0 Å². The Balaban J connectivity index is 2.17. The van der Waals surface area contributed by atoms with Crippen LogP contribution in [0.2, 0.25) is 5.02 Å². The number of anilines is 1. The Morgan fingerprint density at radius 2 is 1.88 bits per heavy atom. The highest BCUT2D eigenvalue weighted by Gasteiger charge is 2.39. The fraction of sp³-hybridized carbons (Fsp3) is 0.417. The number of halogens is 1. The lowest BCUT2D eigenvalue weighted by molar-refractivity contribution is -0.142. The fourth-order valence-corrected chi connectivity index (χ4v) is 3.24. The fourth-order valence-electron chi connectivity index (χ4n) is 1.92. The highest BCUT2D eigenvalue weighted by Crippen LogP contribution is 2.31. The summed E-state index contributed by atoms with van der Waals surface area (Å²) >= 11 is 7.61. The molecular weight excluding hydrogens is 258 g/mol. The lowest BCUT2D eigenvalue weighted by Gasteiger charge is -2.34. The molecule has 0 radical (unpaired) electrons. The van der Waals surface area contributed by atoms with Gasteiger partial charge in [-0.3, -0.25) is 0 Å². The summed E-state index contributed by atoms with van der Waals surface area (Å²) in [6, 6.07) is 7.15. The molecule has 0 aliphatic carbocycles. The second kappa shape index (κ2) is 5.19. The van der Waals surface area contributed by atoms with Crippen molar-refractivity contribution in [2.45, 2.75) is 18.4 Å². The van der Waals surface area contributed by atoms with E-state index in [1.165, 1.54) is 0 Å². The van der Waals surface area contributed by atoms with Gasteiger partial charge in [-0.1, -0.05) is 11.6 Å².